The van der Waals surface area contributed by atoms with E-state index in [1.807, 2.05) is 18.2 Å². The Morgan fingerprint density at radius 3 is 2.61 bits per heavy atom. The lowest BCUT2D eigenvalue weighted by Gasteiger charge is -2.14. The molecule has 31 heavy (non-hydrogen) atoms. The van der Waals surface area contributed by atoms with E-state index in [4.69, 9.17) is 4.74 Å². The predicted octanol–water partition coefficient (Wildman–Crippen LogP) is 3.83. The van der Waals surface area contributed by atoms with E-state index in [1.54, 1.807) is 36.8 Å². The van der Waals surface area contributed by atoms with Crippen molar-refractivity contribution < 1.29 is 18.7 Å². The van der Waals surface area contributed by atoms with Crippen molar-refractivity contribution in [3.05, 3.63) is 66.9 Å². The van der Waals surface area contributed by atoms with Crippen molar-refractivity contribution in [3.63, 3.8) is 0 Å². The summed E-state index contributed by atoms with van der Waals surface area (Å²) in [6.07, 6.45) is 4.03. The standard InChI is InChI=1S/C22H19FN4O3.ClH/c1-14(28)25-12-18-13-27(22(29)30-18)17-3-4-19(20(23)10-17)21-5-2-16(11-26-21)15-6-8-24-9-7-15;/h2-11,18H,12-13H2,1H3,(H,25,28);1H. The first-order valence-corrected chi connectivity index (χ1v) is 9.40. The predicted molar refractivity (Wildman–Crippen MR) is 116 cm³/mol. The van der Waals surface area contributed by atoms with Crippen molar-refractivity contribution in [2.75, 3.05) is 18.0 Å². The SMILES string of the molecule is CC(=O)NCC1CN(c2ccc(-c3ccc(-c4ccncc4)cn3)c(F)c2)C(=O)O1.Cl. The molecular formula is C22H20ClFN4O3. The Morgan fingerprint density at radius 2 is 1.97 bits per heavy atom. The highest BCUT2D eigenvalue weighted by Crippen LogP contribution is 2.29. The Labute approximate surface area is 184 Å². The lowest BCUT2D eigenvalue weighted by Crippen LogP contribution is -2.33. The Hall–Kier alpha value is -3.52. The highest BCUT2D eigenvalue weighted by Gasteiger charge is 2.32. The van der Waals surface area contributed by atoms with Gasteiger partial charge in [0, 0.05) is 36.6 Å². The highest BCUT2D eigenvalue weighted by atomic mass is 35.5. The smallest absolute Gasteiger partial charge is 0.414 e. The van der Waals surface area contributed by atoms with Gasteiger partial charge in [0.15, 0.2) is 0 Å². The monoisotopic (exact) mass is 442 g/mol. The van der Waals surface area contributed by atoms with Gasteiger partial charge in [0.05, 0.1) is 24.5 Å². The number of hydrogen-bond donors (Lipinski definition) is 1. The number of carbonyl (C=O) groups excluding carboxylic acids is 2. The summed E-state index contributed by atoms with van der Waals surface area (Å²) in [6, 6.07) is 11.9. The van der Waals surface area contributed by atoms with Crippen molar-refractivity contribution in [2.24, 2.45) is 0 Å². The number of cyclic esters (lactones) is 1. The maximum absolute atomic E-state index is 14.8. The molecule has 0 spiro atoms. The zero-order valence-corrected chi connectivity index (χ0v) is 17.4. The molecule has 1 saturated heterocycles. The van der Waals surface area contributed by atoms with Crippen LogP contribution < -0.4 is 10.2 Å². The third-order valence-electron chi connectivity index (χ3n) is 4.77. The van der Waals surface area contributed by atoms with E-state index in [9.17, 15) is 14.0 Å². The number of nitrogens with zero attached hydrogens (tertiary/aromatic N) is 3. The van der Waals surface area contributed by atoms with Crippen molar-refractivity contribution >= 4 is 30.1 Å². The number of amides is 2. The van der Waals surface area contributed by atoms with Crippen LogP contribution in [-0.2, 0) is 9.53 Å². The normalized spacial score (nSPS) is 15.2. The van der Waals surface area contributed by atoms with E-state index in [0.717, 1.165) is 11.1 Å². The maximum atomic E-state index is 14.8. The number of rotatable bonds is 5. The largest absolute Gasteiger partial charge is 0.442 e. The number of benzene rings is 1. The third-order valence-corrected chi connectivity index (χ3v) is 4.77. The minimum Gasteiger partial charge on any atom is -0.442 e. The molecular weight excluding hydrogens is 423 g/mol. The average molecular weight is 443 g/mol. The molecule has 2 aromatic heterocycles. The third kappa shape index (κ3) is 4.97. The quantitative estimate of drug-likeness (QED) is 0.649. The topological polar surface area (TPSA) is 84.4 Å². The van der Waals surface area contributed by atoms with Gasteiger partial charge in [-0.25, -0.2) is 9.18 Å². The van der Waals surface area contributed by atoms with Crippen LogP contribution in [0, 0.1) is 5.82 Å². The second-order valence-electron chi connectivity index (χ2n) is 6.89. The molecule has 1 N–H and O–H groups in total. The van der Waals surface area contributed by atoms with Gasteiger partial charge in [0.1, 0.15) is 11.9 Å². The van der Waals surface area contributed by atoms with Crippen LogP contribution in [0.25, 0.3) is 22.4 Å². The van der Waals surface area contributed by atoms with Gasteiger partial charge in [0.25, 0.3) is 0 Å². The Kier molecular flexibility index (Phi) is 6.81. The Balaban J connectivity index is 0.00000272. The van der Waals surface area contributed by atoms with E-state index in [0.29, 0.717) is 16.9 Å². The van der Waals surface area contributed by atoms with Crippen LogP contribution >= 0.6 is 12.4 Å². The van der Waals surface area contributed by atoms with E-state index >= 15 is 0 Å². The number of aromatic nitrogens is 2. The van der Waals surface area contributed by atoms with Crippen LogP contribution in [0.5, 0.6) is 0 Å². The number of pyridine rings is 2. The maximum Gasteiger partial charge on any atom is 0.414 e. The number of hydrogen-bond acceptors (Lipinski definition) is 5. The summed E-state index contributed by atoms with van der Waals surface area (Å²) in [5.74, 6) is -0.697. The number of anilines is 1. The fourth-order valence-corrected chi connectivity index (χ4v) is 3.24. The molecule has 1 fully saturated rings. The summed E-state index contributed by atoms with van der Waals surface area (Å²) < 4.78 is 20.0. The van der Waals surface area contributed by atoms with E-state index in [1.165, 1.54) is 17.9 Å². The Morgan fingerprint density at radius 1 is 1.19 bits per heavy atom. The summed E-state index contributed by atoms with van der Waals surface area (Å²) in [5, 5.41) is 2.61. The fraction of sp³-hybridized carbons (Fsp3) is 0.182. The van der Waals surface area contributed by atoms with Gasteiger partial charge in [-0.3, -0.25) is 19.7 Å². The number of ether oxygens (including phenoxy) is 1. The van der Waals surface area contributed by atoms with Crippen LogP contribution in [0.2, 0.25) is 0 Å². The van der Waals surface area contributed by atoms with Crippen LogP contribution in [0.1, 0.15) is 6.92 Å². The van der Waals surface area contributed by atoms with Crippen molar-refractivity contribution in [1.82, 2.24) is 15.3 Å². The summed E-state index contributed by atoms with van der Waals surface area (Å²) >= 11 is 0. The molecule has 1 atom stereocenters. The summed E-state index contributed by atoms with van der Waals surface area (Å²) in [5.41, 5.74) is 3.09. The van der Waals surface area contributed by atoms with Crippen molar-refractivity contribution in [1.29, 1.82) is 0 Å². The highest BCUT2D eigenvalue weighted by molar-refractivity contribution is 5.90. The molecule has 1 unspecified atom stereocenters. The second kappa shape index (κ2) is 9.53. The second-order valence-corrected chi connectivity index (χ2v) is 6.89. The summed E-state index contributed by atoms with van der Waals surface area (Å²) in [6.45, 7) is 1.84. The molecule has 3 heterocycles. The number of nitrogens with one attached hydrogen (secondary N) is 1. The summed E-state index contributed by atoms with van der Waals surface area (Å²) in [4.78, 5) is 32.9. The van der Waals surface area contributed by atoms with E-state index in [-0.39, 0.29) is 31.4 Å². The van der Waals surface area contributed by atoms with E-state index in [2.05, 4.69) is 15.3 Å². The van der Waals surface area contributed by atoms with Crippen LogP contribution in [0.3, 0.4) is 0 Å². The number of halogens is 2. The van der Waals surface area contributed by atoms with Gasteiger partial charge in [-0.15, -0.1) is 12.4 Å². The fourth-order valence-electron chi connectivity index (χ4n) is 3.24. The van der Waals surface area contributed by atoms with Gasteiger partial charge >= 0.3 is 6.09 Å². The molecule has 9 heteroatoms. The minimum absolute atomic E-state index is 0. The lowest BCUT2D eigenvalue weighted by atomic mass is 10.1. The molecule has 4 rings (SSSR count). The van der Waals surface area contributed by atoms with Crippen LogP contribution in [-0.4, -0.2) is 41.2 Å². The molecule has 3 aromatic rings. The van der Waals surface area contributed by atoms with Crippen LogP contribution in [0.15, 0.2) is 61.1 Å². The molecule has 0 radical (unpaired) electrons. The molecule has 160 valence electrons. The molecule has 7 nitrogen and oxygen atoms in total. The molecule has 1 aromatic carbocycles. The average Bonchev–Trinajstić information content (AvgIpc) is 3.13. The lowest BCUT2D eigenvalue weighted by molar-refractivity contribution is -0.119. The molecule has 1 aliphatic rings. The number of carbonyl (C=O) groups is 2. The first-order valence-electron chi connectivity index (χ1n) is 9.40. The zero-order valence-electron chi connectivity index (χ0n) is 16.6. The first kappa shape index (κ1) is 22.2. The van der Waals surface area contributed by atoms with E-state index < -0.39 is 18.0 Å². The van der Waals surface area contributed by atoms with Gasteiger partial charge in [-0.05, 0) is 42.0 Å². The first-order chi connectivity index (χ1) is 14.5. The Bertz CT molecular complexity index is 1080. The molecule has 0 saturated carbocycles. The van der Waals surface area contributed by atoms with Gasteiger partial charge in [-0.2, -0.15) is 0 Å². The van der Waals surface area contributed by atoms with Crippen LogP contribution in [0.4, 0.5) is 14.9 Å². The van der Waals surface area contributed by atoms with Crippen molar-refractivity contribution in [2.45, 2.75) is 13.0 Å². The van der Waals surface area contributed by atoms with Gasteiger partial charge in [0.2, 0.25) is 5.91 Å². The van der Waals surface area contributed by atoms with Crippen molar-refractivity contribution in [3.8, 4) is 22.4 Å². The van der Waals surface area contributed by atoms with Gasteiger partial charge < -0.3 is 10.1 Å². The molecule has 0 bridgehead atoms. The summed E-state index contributed by atoms with van der Waals surface area (Å²) in [7, 11) is 0. The molecule has 2 amide bonds. The van der Waals surface area contributed by atoms with Gasteiger partial charge in [-0.1, -0.05) is 6.07 Å². The zero-order chi connectivity index (χ0) is 21.1. The minimum atomic E-state index is -0.572. The molecule has 1 aliphatic heterocycles. The molecule has 0 aliphatic carbocycles.